The molecule has 0 fully saturated rings. The summed E-state index contributed by atoms with van der Waals surface area (Å²) in [6, 6.07) is 4.31. The van der Waals surface area contributed by atoms with Crippen LogP contribution in [-0.4, -0.2) is 0 Å². The van der Waals surface area contributed by atoms with Gasteiger partial charge in [0.05, 0.1) is 0 Å². The first kappa shape index (κ1) is 8.94. The Morgan fingerprint density at radius 1 is 1.58 bits per heavy atom. The zero-order valence-corrected chi connectivity index (χ0v) is 7.05. The van der Waals surface area contributed by atoms with Crippen molar-refractivity contribution in [3.63, 3.8) is 0 Å². The number of benzene rings is 1. The number of halogens is 1. The van der Waals surface area contributed by atoms with Crippen LogP contribution in [0.5, 0.6) is 0 Å². The van der Waals surface area contributed by atoms with Gasteiger partial charge in [-0.25, -0.2) is 4.39 Å². The highest BCUT2D eigenvalue weighted by atomic mass is 19.1. The Balaban J connectivity index is 3.12. The third-order valence-corrected chi connectivity index (χ3v) is 1.85. The van der Waals surface area contributed by atoms with Crippen molar-refractivity contribution in [1.82, 2.24) is 0 Å². The lowest BCUT2D eigenvalue weighted by Gasteiger charge is -2.09. The summed E-state index contributed by atoms with van der Waals surface area (Å²) in [5.74, 6) is -0.257. The average molecular weight is 165 g/mol. The molecule has 0 aliphatic rings. The number of hydrogen-bond donors (Lipinski definition) is 1. The second-order valence-corrected chi connectivity index (χ2v) is 2.76. The van der Waals surface area contributed by atoms with Crippen molar-refractivity contribution < 1.29 is 4.39 Å². The summed E-state index contributed by atoms with van der Waals surface area (Å²) in [6.45, 7) is 5.46. The van der Waals surface area contributed by atoms with Gasteiger partial charge in [-0.2, -0.15) is 0 Å². The fourth-order valence-corrected chi connectivity index (χ4v) is 1.10. The van der Waals surface area contributed by atoms with Crippen molar-refractivity contribution in [1.29, 1.82) is 0 Å². The summed E-state index contributed by atoms with van der Waals surface area (Å²) in [6.07, 6.45) is 1.60. The topological polar surface area (TPSA) is 26.0 Å². The van der Waals surface area contributed by atoms with Crippen LogP contribution in [0.15, 0.2) is 30.9 Å². The van der Waals surface area contributed by atoms with Gasteiger partial charge in [0.25, 0.3) is 0 Å². The molecule has 2 N–H and O–H groups in total. The minimum Gasteiger partial charge on any atom is -0.321 e. The number of hydrogen-bond acceptors (Lipinski definition) is 1. The number of aryl methyl sites for hydroxylation is 1. The second-order valence-electron chi connectivity index (χ2n) is 2.76. The molecule has 1 rings (SSSR count). The van der Waals surface area contributed by atoms with E-state index in [1.165, 1.54) is 12.1 Å². The van der Waals surface area contributed by atoms with Crippen LogP contribution in [0.3, 0.4) is 0 Å². The largest absolute Gasteiger partial charge is 0.321 e. The normalized spacial score (nSPS) is 12.6. The van der Waals surface area contributed by atoms with Crippen molar-refractivity contribution in [3.8, 4) is 0 Å². The van der Waals surface area contributed by atoms with Crippen LogP contribution in [0.2, 0.25) is 0 Å². The highest BCUT2D eigenvalue weighted by molar-refractivity contribution is 5.31. The van der Waals surface area contributed by atoms with Gasteiger partial charge in [-0.1, -0.05) is 12.1 Å². The fraction of sp³-hybridized carbons (Fsp3) is 0.200. The van der Waals surface area contributed by atoms with Gasteiger partial charge in [-0.15, -0.1) is 6.58 Å². The smallest absolute Gasteiger partial charge is 0.123 e. The molecule has 0 saturated heterocycles. The van der Waals surface area contributed by atoms with Gasteiger partial charge in [0.15, 0.2) is 0 Å². The summed E-state index contributed by atoms with van der Waals surface area (Å²) in [5, 5.41) is 0. The summed E-state index contributed by atoms with van der Waals surface area (Å²) in [7, 11) is 0. The maximum atomic E-state index is 12.8. The minimum absolute atomic E-state index is 0.257. The molecular formula is C10H12FN. The van der Waals surface area contributed by atoms with Crippen LogP contribution in [0.1, 0.15) is 17.2 Å². The molecular weight excluding hydrogens is 153 g/mol. The van der Waals surface area contributed by atoms with Gasteiger partial charge in [-0.05, 0) is 30.2 Å². The van der Waals surface area contributed by atoms with E-state index in [1.807, 2.05) is 6.92 Å². The first-order chi connectivity index (χ1) is 5.65. The van der Waals surface area contributed by atoms with Crippen LogP contribution in [0, 0.1) is 12.7 Å². The van der Waals surface area contributed by atoms with E-state index >= 15 is 0 Å². The lowest BCUT2D eigenvalue weighted by molar-refractivity contribution is 0.623. The summed E-state index contributed by atoms with van der Waals surface area (Å²) >= 11 is 0. The van der Waals surface area contributed by atoms with Crippen LogP contribution in [0.4, 0.5) is 4.39 Å². The predicted molar refractivity (Wildman–Crippen MR) is 48.3 cm³/mol. The third-order valence-electron chi connectivity index (χ3n) is 1.85. The second kappa shape index (κ2) is 3.50. The highest BCUT2D eigenvalue weighted by Gasteiger charge is 2.05. The molecule has 0 bridgehead atoms. The first-order valence-corrected chi connectivity index (χ1v) is 3.79. The fourth-order valence-electron chi connectivity index (χ4n) is 1.10. The van der Waals surface area contributed by atoms with Gasteiger partial charge in [0, 0.05) is 6.04 Å². The van der Waals surface area contributed by atoms with Gasteiger partial charge in [0.1, 0.15) is 5.82 Å². The lowest BCUT2D eigenvalue weighted by atomic mass is 10.0. The Labute approximate surface area is 71.7 Å². The molecule has 0 spiro atoms. The van der Waals surface area contributed by atoms with Gasteiger partial charge in [0.2, 0.25) is 0 Å². The van der Waals surface area contributed by atoms with E-state index < -0.39 is 0 Å². The molecule has 0 aliphatic heterocycles. The van der Waals surface area contributed by atoms with Gasteiger partial charge >= 0.3 is 0 Å². The minimum atomic E-state index is -0.277. The molecule has 2 heteroatoms. The van der Waals surface area contributed by atoms with Crippen LogP contribution >= 0.6 is 0 Å². The molecule has 1 atom stereocenters. The molecule has 1 aromatic rings. The Morgan fingerprint density at radius 2 is 2.25 bits per heavy atom. The van der Waals surface area contributed by atoms with E-state index in [9.17, 15) is 4.39 Å². The third kappa shape index (κ3) is 1.71. The molecule has 0 aromatic heterocycles. The van der Waals surface area contributed by atoms with E-state index in [4.69, 9.17) is 5.73 Å². The monoisotopic (exact) mass is 165 g/mol. The van der Waals surface area contributed by atoms with Crippen molar-refractivity contribution in [2.75, 3.05) is 0 Å². The molecule has 0 aliphatic carbocycles. The molecule has 0 unspecified atom stereocenters. The highest BCUT2D eigenvalue weighted by Crippen LogP contribution is 2.17. The van der Waals surface area contributed by atoms with E-state index in [0.29, 0.717) is 0 Å². The van der Waals surface area contributed by atoms with Crippen molar-refractivity contribution in [3.05, 3.63) is 47.8 Å². The number of nitrogens with two attached hydrogens (primary N) is 1. The Bertz CT molecular complexity index is 294. The van der Waals surface area contributed by atoms with Gasteiger partial charge < -0.3 is 5.73 Å². The summed E-state index contributed by atoms with van der Waals surface area (Å²) < 4.78 is 12.8. The zero-order valence-electron chi connectivity index (χ0n) is 7.05. The van der Waals surface area contributed by atoms with Gasteiger partial charge in [-0.3, -0.25) is 0 Å². The molecule has 12 heavy (non-hydrogen) atoms. The van der Waals surface area contributed by atoms with Crippen molar-refractivity contribution >= 4 is 0 Å². The zero-order chi connectivity index (χ0) is 9.14. The maximum Gasteiger partial charge on any atom is 0.123 e. The quantitative estimate of drug-likeness (QED) is 0.669. The number of rotatable bonds is 2. The molecule has 0 amide bonds. The van der Waals surface area contributed by atoms with E-state index in [2.05, 4.69) is 6.58 Å². The summed E-state index contributed by atoms with van der Waals surface area (Å²) in [4.78, 5) is 0. The van der Waals surface area contributed by atoms with E-state index in [-0.39, 0.29) is 11.9 Å². The Hall–Kier alpha value is -1.15. The van der Waals surface area contributed by atoms with Crippen LogP contribution < -0.4 is 5.73 Å². The Morgan fingerprint density at radius 3 is 2.83 bits per heavy atom. The average Bonchev–Trinajstić information content (AvgIpc) is 2.08. The molecule has 0 saturated carbocycles. The lowest BCUT2D eigenvalue weighted by Crippen LogP contribution is -2.08. The molecule has 1 nitrogen and oxygen atoms in total. The van der Waals surface area contributed by atoms with Crippen molar-refractivity contribution in [2.24, 2.45) is 5.73 Å². The van der Waals surface area contributed by atoms with E-state index in [0.717, 1.165) is 11.1 Å². The molecule has 0 radical (unpaired) electrons. The van der Waals surface area contributed by atoms with Crippen molar-refractivity contribution in [2.45, 2.75) is 13.0 Å². The first-order valence-electron chi connectivity index (χ1n) is 3.79. The molecule has 0 heterocycles. The van der Waals surface area contributed by atoms with E-state index in [1.54, 1.807) is 12.1 Å². The molecule has 64 valence electrons. The van der Waals surface area contributed by atoms with Crippen LogP contribution in [-0.2, 0) is 0 Å². The molecule has 1 aromatic carbocycles. The summed E-state index contributed by atoms with van der Waals surface area (Å²) in [5.41, 5.74) is 7.47. The Kier molecular flexibility index (Phi) is 2.61. The predicted octanol–water partition coefficient (Wildman–Crippen LogP) is 2.32. The van der Waals surface area contributed by atoms with Crippen LogP contribution in [0.25, 0.3) is 0 Å². The standard InChI is InChI=1S/C10H12FN/c1-3-10(12)9-6-8(11)5-4-7(9)2/h3-6,10H,1,12H2,2H3/t10-/m0/s1. The maximum absolute atomic E-state index is 12.8. The SMILES string of the molecule is C=C[C@H](N)c1cc(F)ccc1C.